The minimum Gasteiger partial charge on any atom is -0.296 e. The first-order valence-electron chi connectivity index (χ1n) is 9.15. The van der Waals surface area contributed by atoms with Crippen molar-refractivity contribution in [2.24, 2.45) is 0 Å². The van der Waals surface area contributed by atoms with Gasteiger partial charge in [-0.2, -0.15) is 0 Å². The van der Waals surface area contributed by atoms with Crippen LogP contribution >= 0.6 is 0 Å². The molecule has 1 saturated heterocycles. The number of rotatable bonds is 4. The van der Waals surface area contributed by atoms with Crippen LogP contribution in [0.1, 0.15) is 30.4 Å². The maximum Gasteiger partial charge on any atom is 0.0242 e. The highest BCUT2D eigenvalue weighted by Gasteiger charge is 2.23. The van der Waals surface area contributed by atoms with Crippen LogP contribution in [0.3, 0.4) is 0 Å². The van der Waals surface area contributed by atoms with Crippen LogP contribution in [0.4, 0.5) is 0 Å². The zero-order valence-corrected chi connectivity index (χ0v) is 14.2. The molecule has 122 valence electrons. The highest BCUT2D eigenvalue weighted by molar-refractivity contribution is 5.85. The number of hydrogen-bond donors (Lipinski definition) is 0. The molecule has 1 atom stereocenters. The second kappa shape index (κ2) is 7.19. The van der Waals surface area contributed by atoms with Gasteiger partial charge in [0.2, 0.25) is 0 Å². The minimum absolute atomic E-state index is 0.667. The van der Waals surface area contributed by atoms with Gasteiger partial charge in [0.25, 0.3) is 0 Å². The predicted octanol–water partition coefficient (Wildman–Crippen LogP) is 5.44. The summed E-state index contributed by atoms with van der Waals surface area (Å²) in [7, 11) is 0. The zero-order valence-electron chi connectivity index (χ0n) is 14.2. The van der Waals surface area contributed by atoms with E-state index in [1.54, 1.807) is 0 Å². The van der Waals surface area contributed by atoms with Gasteiger partial charge in [-0.25, -0.2) is 0 Å². The Kier molecular flexibility index (Phi) is 4.62. The van der Waals surface area contributed by atoms with Crippen LogP contribution in [-0.2, 0) is 13.0 Å². The van der Waals surface area contributed by atoms with Crippen molar-refractivity contribution in [2.45, 2.75) is 38.3 Å². The van der Waals surface area contributed by atoms with E-state index in [1.807, 2.05) is 0 Å². The molecule has 24 heavy (non-hydrogen) atoms. The Hall–Kier alpha value is -2.12. The first-order chi connectivity index (χ1) is 11.9. The molecule has 0 aromatic heterocycles. The average Bonchev–Trinajstić information content (AvgIpc) is 2.64. The maximum atomic E-state index is 2.71. The van der Waals surface area contributed by atoms with Gasteiger partial charge in [0.15, 0.2) is 0 Å². The van der Waals surface area contributed by atoms with Crippen LogP contribution in [0.15, 0.2) is 72.8 Å². The molecule has 1 aliphatic rings. The van der Waals surface area contributed by atoms with Gasteiger partial charge in [0.1, 0.15) is 0 Å². The lowest BCUT2D eigenvalue weighted by Crippen LogP contribution is -2.40. The summed E-state index contributed by atoms with van der Waals surface area (Å²) in [5, 5.41) is 2.76. The van der Waals surface area contributed by atoms with E-state index in [9.17, 15) is 0 Å². The monoisotopic (exact) mass is 315 g/mol. The molecule has 1 unspecified atom stereocenters. The van der Waals surface area contributed by atoms with E-state index < -0.39 is 0 Å². The third-order valence-electron chi connectivity index (χ3n) is 5.32. The Morgan fingerprint density at radius 1 is 0.792 bits per heavy atom. The molecule has 1 heteroatoms. The number of nitrogens with zero attached hydrogens (tertiary/aromatic N) is 1. The van der Waals surface area contributed by atoms with Crippen molar-refractivity contribution >= 4 is 10.8 Å². The third kappa shape index (κ3) is 3.37. The summed E-state index contributed by atoms with van der Waals surface area (Å²) < 4.78 is 0. The molecule has 0 N–H and O–H groups in total. The smallest absolute Gasteiger partial charge is 0.0242 e. The SMILES string of the molecule is c1ccc(CC2CCCCN2Cc2cccc3ccccc23)cc1. The number of benzene rings is 3. The van der Waals surface area contributed by atoms with Gasteiger partial charge in [-0.15, -0.1) is 0 Å². The van der Waals surface area contributed by atoms with Crippen LogP contribution < -0.4 is 0 Å². The lowest BCUT2D eigenvalue weighted by Gasteiger charge is -2.36. The molecule has 0 amide bonds. The number of hydrogen-bond acceptors (Lipinski definition) is 1. The lowest BCUT2D eigenvalue weighted by atomic mass is 9.94. The van der Waals surface area contributed by atoms with Crippen LogP contribution in [0, 0.1) is 0 Å². The molecule has 1 fully saturated rings. The molecule has 1 aliphatic heterocycles. The van der Waals surface area contributed by atoms with Gasteiger partial charge in [-0.1, -0.05) is 79.2 Å². The third-order valence-corrected chi connectivity index (χ3v) is 5.32. The highest BCUT2D eigenvalue weighted by atomic mass is 15.2. The van der Waals surface area contributed by atoms with Crippen molar-refractivity contribution in [3.63, 3.8) is 0 Å². The molecule has 0 spiro atoms. The Morgan fingerprint density at radius 3 is 2.50 bits per heavy atom. The van der Waals surface area contributed by atoms with Gasteiger partial charge in [0.05, 0.1) is 0 Å². The van der Waals surface area contributed by atoms with Gasteiger partial charge >= 0.3 is 0 Å². The van der Waals surface area contributed by atoms with Crippen molar-refractivity contribution in [1.29, 1.82) is 0 Å². The van der Waals surface area contributed by atoms with E-state index in [4.69, 9.17) is 0 Å². The standard InChI is InChI=1S/C23H25N/c1-2-9-19(10-3-1)17-22-14-6-7-16-24(22)18-21-13-8-12-20-11-4-5-15-23(20)21/h1-5,8-13,15,22H,6-7,14,16-18H2. The zero-order chi connectivity index (χ0) is 16.2. The van der Waals surface area contributed by atoms with Crippen LogP contribution in [0.25, 0.3) is 10.8 Å². The Balaban J connectivity index is 1.56. The molecule has 0 radical (unpaired) electrons. The predicted molar refractivity (Wildman–Crippen MR) is 102 cm³/mol. The number of likely N-dealkylation sites (tertiary alicyclic amines) is 1. The van der Waals surface area contributed by atoms with Crippen LogP contribution in [0.2, 0.25) is 0 Å². The maximum absolute atomic E-state index is 2.71. The Morgan fingerprint density at radius 2 is 1.58 bits per heavy atom. The first-order valence-corrected chi connectivity index (χ1v) is 9.15. The fraction of sp³-hybridized carbons (Fsp3) is 0.304. The fourth-order valence-corrected chi connectivity index (χ4v) is 4.03. The minimum atomic E-state index is 0.667. The molecule has 0 saturated carbocycles. The van der Waals surface area contributed by atoms with Crippen molar-refractivity contribution < 1.29 is 0 Å². The summed E-state index contributed by atoms with van der Waals surface area (Å²) in [5.41, 5.74) is 2.93. The second-order valence-corrected chi connectivity index (χ2v) is 6.95. The Bertz CT molecular complexity index is 788. The molecular formula is C23H25N. The van der Waals surface area contributed by atoms with E-state index in [1.165, 1.54) is 54.1 Å². The normalized spacial score (nSPS) is 18.8. The topological polar surface area (TPSA) is 3.24 Å². The van der Waals surface area contributed by atoms with Gasteiger partial charge < -0.3 is 0 Å². The van der Waals surface area contributed by atoms with Gasteiger partial charge in [-0.3, -0.25) is 4.90 Å². The molecule has 3 aromatic rings. The average molecular weight is 315 g/mol. The highest BCUT2D eigenvalue weighted by Crippen LogP contribution is 2.26. The molecule has 0 aliphatic carbocycles. The van der Waals surface area contributed by atoms with Crippen LogP contribution in [-0.4, -0.2) is 17.5 Å². The lowest BCUT2D eigenvalue weighted by molar-refractivity contribution is 0.140. The molecule has 0 bridgehead atoms. The van der Waals surface area contributed by atoms with Gasteiger partial charge in [-0.05, 0) is 47.7 Å². The Labute approximate surface area is 144 Å². The van der Waals surface area contributed by atoms with Crippen molar-refractivity contribution in [3.05, 3.63) is 83.9 Å². The largest absolute Gasteiger partial charge is 0.296 e. The summed E-state index contributed by atoms with van der Waals surface area (Å²) in [5.74, 6) is 0. The first kappa shape index (κ1) is 15.4. The van der Waals surface area contributed by atoms with Gasteiger partial charge in [0, 0.05) is 12.6 Å². The van der Waals surface area contributed by atoms with E-state index >= 15 is 0 Å². The van der Waals surface area contributed by atoms with E-state index in [2.05, 4.69) is 77.7 Å². The van der Waals surface area contributed by atoms with Crippen molar-refractivity contribution in [3.8, 4) is 0 Å². The molecule has 1 nitrogen and oxygen atoms in total. The summed E-state index contributed by atoms with van der Waals surface area (Å²) >= 11 is 0. The fourth-order valence-electron chi connectivity index (χ4n) is 4.03. The summed E-state index contributed by atoms with van der Waals surface area (Å²) in [6.07, 6.45) is 5.19. The summed E-state index contributed by atoms with van der Waals surface area (Å²) in [6, 6.07) is 27.1. The van der Waals surface area contributed by atoms with Crippen molar-refractivity contribution in [2.75, 3.05) is 6.54 Å². The quantitative estimate of drug-likeness (QED) is 0.620. The number of fused-ring (bicyclic) bond motifs is 1. The van der Waals surface area contributed by atoms with Crippen molar-refractivity contribution in [1.82, 2.24) is 4.90 Å². The summed E-state index contributed by atoms with van der Waals surface area (Å²) in [4.78, 5) is 2.71. The van der Waals surface area contributed by atoms with E-state index in [-0.39, 0.29) is 0 Å². The second-order valence-electron chi connectivity index (χ2n) is 6.95. The summed E-state index contributed by atoms with van der Waals surface area (Å²) in [6.45, 7) is 2.29. The molecule has 3 aromatic carbocycles. The number of piperidine rings is 1. The van der Waals surface area contributed by atoms with E-state index in [0.29, 0.717) is 6.04 Å². The molecule has 1 heterocycles. The van der Waals surface area contributed by atoms with Crippen LogP contribution in [0.5, 0.6) is 0 Å². The van der Waals surface area contributed by atoms with E-state index in [0.717, 1.165) is 6.54 Å². The molecule has 4 rings (SSSR count). The molecular weight excluding hydrogens is 290 g/mol.